The van der Waals surface area contributed by atoms with Crippen LogP contribution in [0.25, 0.3) is 10.9 Å². The maximum absolute atomic E-state index is 12.7. The molecule has 1 amide bonds. The number of hydrogen-bond acceptors (Lipinski definition) is 4. The van der Waals surface area contributed by atoms with E-state index in [1.807, 2.05) is 12.1 Å². The van der Waals surface area contributed by atoms with Crippen LogP contribution in [-0.2, 0) is 11.3 Å². The van der Waals surface area contributed by atoms with Gasteiger partial charge in [-0.15, -0.1) is 11.8 Å². The Morgan fingerprint density at radius 3 is 2.62 bits per heavy atom. The van der Waals surface area contributed by atoms with Gasteiger partial charge < -0.3 is 19.4 Å². The van der Waals surface area contributed by atoms with Gasteiger partial charge in [-0.2, -0.15) is 0 Å². The highest BCUT2D eigenvalue weighted by Gasteiger charge is 2.13. The molecule has 0 radical (unpaired) electrons. The Morgan fingerprint density at radius 2 is 1.84 bits per heavy atom. The van der Waals surface area contributed by atoms with Crippen molar-refractivity contribution >= 4 is 34.3 Å². The molecule has 0 unspecified atom stereocenters. The van der Waals surface area contributed by atoms with E-state index in [1.165, 1.54) is 22.9 Å². The number of fused-ring (bicyclic) bond motifs is 1. The van der Waals surface area contributed by atoms with Crippen molar-refractivity contribution in [3.05, 3.63) is 84.1 Å². The molecular weight excluding hydrogens is 420 g/mol. The lowest BCUT2D eigenvalue weighted by molar-refractivity contribution is -0.113. The zero-order chi connectivity index (χ0) is 22.5. The average Bonchev–Trinajstić information content (AvgIpc) is 3.15. The summed E-state index contributed by atoms with van der Waals surface area (Å²) in [5.74, 6) is 1.45. The highest BCUT2D eigenvalue weighted by Crippen LogP contribution is 2.32. The van der Waals surface area contributed by atoms with E-state index in [4.69, 9.17) is 9.47 Å². The molecular formula is C26H26N2O3S. The fraction of sp³-hybridized carbons (Fsp3) is 0.192. The molecule has 0 saturated carbocycles. The second kappa shape index (κ2) is 9.83. The van der Waals surface area contributed by atoms with Gasteiger partial charge >= 0.3 is 0 Å². The number of aromatic nitrogens is 1. The second-order valence-corrected chi connectivity index (χ2v) is 8.55. The van der Waals surface area contributed by atoms with Crippen LogP contribution in [0.1, 0.15) is 11.1 Å². The molecule has 0 fully saturated rings. The maximum atomic E-state index is 12.7. The molecule has 0 atom stereocenters. The third-order valence-electron chi connectivity index (χ3n) is 5.23. The van der Waals surface area contributed by atoms with Crippen molar-refractivity contribution in [2.45, 2.75) is 18.4 Å². The summed E-state index contributed by atoms with van der Waals surface area (Å²) in [5.41, 5.74) is 4.29. The number of aryl methyl sites for hydroxylation is 1. The van der Waals surface area contributed by atoms with Crippen LogP contribution < -0.4 is 14.8 Å². The van der Waals surface area contributed by atoms with Gasteiger partial charge in [0, 0.05) is 34.6 Å². The fourth-order valence-corrected chi connectivity index (χ4v) is 4.59. The minimum atomic E-state index is -0.0889. The van der Waals surface area contributed by atoms with Crippen molar-refractivity contribution in [2.24, 2.45) is 0 Å². The lowest BCUT2D eigenvalue weighted by atomic mass is 10.1. The summed E-state index contributed by atoms with van der Waals surface area (Å²) in [7, 11) is 3.17. The first kappa shape index (κ1) is 21.8. The molecule has 3 aromatic carbocycles. The molecule has 32 heavy (non-hydrogen) atoms. The number of amides is 1. The monoisotopic (exact) mass is 446 g/mol. The first-order valence-corrected chi connectivity index (χ1v) is 11.3. The SMILES string of the molecule is COc1ccc(NC(=O)CSc2cn(Cc3cccc(C)c3)c3ccccc23)c(OC)c1. The number of hydrogen-bond donors (Lipinski definition) is 1. The van der Waals surface area contributed by atoms with E-state index in [-0.39, 0.29) is 5.91 Å². The topological polar surface area (TPSA) is 52.5 Å². The van der Waals surface area contributed by atoms with E-state index in [2.05, 4.69) is 59.4 Å². The van der Waals surface area contributed by atoms with Gasteiger partial charge in [0.1, 0.15) is 11.5 Å². The fourth-order valence-electron chi connectivity index (χ4n) is 3.70. The van der Waals surface area contributed by atoms with E-state index < -0.39 is 0 Å². The highest BCUT2D eigenvalue weighted by atomic mass is 32.2. The van der Waals surface area contributed by atoms with Gasteiger partial charge in [-0.1, -0.05) is 48.0 Å². The van der Waals surface area contributed by atoms with E-state index in [0.29, 0.717) is 22.9 Å². The summed E-state index contributed by atoms with van der Waals surface area (Å²) >= 11 is 1.53. The molecule has 0 bridgehead atoms. The highest BCUT2D eigenvalue weighted by molar-refractivity contribution is 8.00. The maximum Gasteiger partial charge on any atom is 0.234 e. The van der Waals surface area contributed by atoms with Crippen LogP contribution in [0.3, 0.4) is 0 Å². The van der Waals surface area contributed by atoms with Crippen molar-refractivity contribution < 1.29 is 14.3 Å². The summed E-state index contributed by atoms with van der Waals surface area (Å²) in [6.07, 6.45) is 2.14. The number of nitrogens with one attached hydrogen (secondary N) is 1. The number of nitrogens with zero attached hydrogens (tertiary/aromatic N) is 1. The molecule has 164 valence electrons. The molecule has 1 aromatic heterocycles. The Balaban J connectivity index is 1.49. The number of methoxy groups -OCH3 is 2. The lowest BCUT2D eigenvalue weighted by Gasteiger charge is -2.11. The van der Waals surface area contributed by atoms with E-state index in [1.54, 1.807) is 32.4 Å². The number of carbonyl (C=O) groups excluding carboxylic acids is 1. The van der Waals surface area contributed by atoms with Gasteiger partial charge in [-0.25, -0.2) is 0 Å². The predicted molar refractivity (Wildman–Crippen MR) is 131 cm³/mol. The van der Waals surface area contributed by atoms with E-state index >= 15 is 0 Å². The van der Waals surface area contributed by atoms with Gasteiger partial charge in [0.2, 0.25) is 5.91 Å². The Bertz CT molecular complexity index is 1250. The molecule has 0 saturated heterocycles. The zero-order valence-corrected chi connectivity index (χ0v) is 19.2. The van der Waals surface area contributed by atoms with Crippen molar-refractivity contribution in [3.63, 3.8) is 0 Å². The molecule has 4 aromatic rings. The summed E-state index contributed by atoms with van der Waals surface area (Å²) in [4.78, 5) is 13.7. The van der Waals surface area contributed by atoms with E-state index in [9.17, 15) is 4.79 Å². The summed E-state index contributed by atoms with van der Waals surface area (Å²) in [6.45, 7) is 2.90. The van der Waals surface area contributed by atoms with Gasteiger partial charge in [0.15, 0.2) is 0 Å². The molecule has 4 rings (SSSR count). The normalized spacial score (nSPS) is 10.8. The number of rotatable bonds is 8. The molecule has 6 heteroatoms. The summed E-state index contributed by atoms with van der Waals surface area (Å²) in [6, 6.07) is 22.2. The summed E-state index contributed by atoms with van der Waals surface area (Å²) in [5, 5.41) is 4.09. The predicted octanol–water partition coefficient (Wildman–Crippen LogP) is 5.75. The first-order valence-electron chi connectivity index (χ1n) is 10.4. The van der Waals surface area contributed by atoms with Crippen LogP contribution >= 0.6 is 11.8 Å². The van der Waals surface area contributed by atoms with Crippen LogP contribution in [0.4, 0.5) is 5.69 Å². The number of carbonyl (C=O) groups is 1. The lowest BCUT2D eigenvalue weighted by Crippen LogP contribution is -2.14. The van der Waals surface area contributed by atoms with Gasteiger partial charge in [-0.3, -0.25) is 4.79 Å². The third kappa shape index (κ3) is 4.92. The number of anilines is 1. The van der Waals surface area contributed by atoms with Crippen molar-refractivity contribution in [2.75, 3.05) is 25.3 Å². The van der Waals surface area contributed by atoms with Crippen molar-refractivity contribution in [1.82, 2.24) is 4.57 Å². The number of para-hydroxylation sites is 1. The van der Waals surface area contributed by atoms with Crippen LogP contribution in [0, 0.1) is 6.92 Å². The summed E-state index contributed by atoms with van der Waals surface area (Å²) < 4.78 is 12.8. The molecule has 0 spiro atoms. The number of ether oxygens (including phenoxy) is 2. The minimum absolute atomic E-state index is 0.0889. The van der Waals surface area contributed by atoms with Gasteiger partial charge in [0.25, 0.3) is 0 Å². The molecule has 5 nitrogen and oxygen atoms in total. The Morgan fingerprint density at radius 1 is 1.00 bits per heavy atom. The molecule has 0 aliphatic heterocycles. The third-order valence-corrected chi connectivity index (χ3v) is 6.27. The smallest absolute Gasteiger partial charge is 0.234 e. The van der Waals surface area contributed by atoms with Crippen molar-refractivity contribution in [3.8, 4) is 11.5 Å². The molecule has 0 aliphatic carbocycles. The molecule has 1 heterocycles. The largest absolute Gasteiger partial charge is 0.497 e. The Kier molecular flexibility index (Phi) is 6.71. The standard InChI is InChI=1S/C26H26N2O3S/c1-18-7-6-8-19(13-18)15-28-16-25(21-9-4-5-10-23(21)28)32-17-26(29)27-22-12-11-20(30-2)14-24(22)31-3/h4-14,16H,15,17H2,1-3H3,(H,27,29). The first-order chi connectivity index (χ1) is 15.6. The second-order valence-electron chi connectivity index (χ2n) is 7.53. The Hall–Kier alpha value is -3.38. The van der Waals surface area contributed by atoms with Gasteiger partial charge in [0.05, 0.1) is 25.7 Å². The van der Waals surface area contributed by atoms with E-state index in [0.717, 1.165) is 22.3 Å². The average molecular weight is 447 g/mol. The minimum Gasteiger partial charge on any atom is -0.497 e. The molecule has 0 aliphatic rings. The quantitative estimate of drug-likeness (QED) is 0.350. The van der Waals surface area contributed by atoms with Crippen LogP contribution in [0.2, 0.25) is 0 Å². The van der Waals surface area contributed by atoms with Crippen LogP contribution in [0.5, 0.6) is 11.5 Å². The van der Waals surface area contributed by atoms with Gasteiger partial charge in [-0.05, 0) is 30.7 Å². The number of benzene rings is 3. The number of thioether (sulfide) groups is 1. The van der Waals surface area contributed by atoms with Crippen molar-refractivity contribution in [1.29, 1.82) is 0 Å². The van der Waals surface area contributed by atoms with Crippen LogP contribution in [-0.4, -0.2) is 30.4 Å². The zero-order valence-electron chi connectivity index (χ0n) is 18.4. The van der Waals surface area contributed by atoms with Crippen LogP contribution in [0.15, 0.2) is 77.8 Å². The molecule has 1 N–H and O–H groups in total. The Labute approximate surface area is 192 Å².